The van der Waals surface area contributed by atoms with Crippen LogP contribution in [0.3, 0.4) is 0 Å². The average molecular weight is 236 g/mol. The van der Waals surface area contributed by atoms with Crippen LogP contribution in [0.4, 0.5) is 0 Å². The van der Waals surface area contributed by atoms with Crippen molar-refractivity contribution in [3.8, 4) is 0 Å². The highest BCUT2D eigenvalue weighted by Crippen LogP contribution is 2.26. The Kier molecular flexibility index (Phi) is 19.4. The predicted octanol–water partition coefficient (Wildman–Crippen LogP) is 3.50. The van der Waals surface area contributed by atoms with Gasteiger partial charge in [0.15, 0.2) is 7.15 Å². The first-order valence-electron chi connectivity index (χ1n) is 2.99. The minimum absolute atomic E-state index is 0.639. The Bertz CT molecular complexity index is 82.9. The molecule has 0 saturated carbocycles. The summed E-state index contributed by atoms with van der Waals surface area (Å²) in [4.78, 5) is 0. The molecule has 0 aromatic heterocycles. The lowest BCUT2D eigenvalue weighted by Gasteiger charge is -1.86. The molecule has 0 spiro atoms. The van der Waals surface area contributed by atoms with Crippen LogP contribution in [0.5, 0.6) is 0 Å². The van der Waals surface area contributed by atoms with Crippen molar-refractivity contribution < 1.29 is 4.57 Å². The normalized spacial score (nSPS) is 10.8. The van der Waals surface area contributed by atoms with Gasteiger partial charge in [-0.05, 0) is 6.42 Å². The number of halogens is 3. The molecular formula is C4H10Cl3MgOP. The van der Waals surface area contributed by atoms with Gasteiger partial charge in [-0.3, -0.25) is 0 Å². The Morgan fingerprint density at radius 3 is 2.00 bits per heavy atom. The second kappa shape index (κ2) is 13.5. The summed E-state index contributed by atoms with van der Waals surface area (Å²) in [6, 6.07) is 0. The first kappa shape index (κ1) is 14.4. The lowest BCUT2D eigenvalue weighted by atomic mass is 10.4. The Balaban J connectivity index is 0. The van der Waals surface area contributed by atoms with E-state index in [0.717, 1.165) is 12.8 Å². The predicted molar refractivity (Wildman–Crippen MR) is 52.1 cm³/mol. The van der Waals surface area contributed by atoms with Crippen molar-refractivity contribution in [2.45, 2.75) is 19.8 Å². The van der Waals surface area contributed by atoms with E-state index in [1.54, 1.807) is 0 Å². The van der Waals surface area contributed by atoms with E-state index >= 15 is 0 Å². The van der Waals surface area contributed by atoms with Crippen molar-refractivity contribution in [3.05, 3.63) is 0 Å². The van der Waals surface area contributed by atoms with Gasteiger partial charge in [-0.15, -0.1) is 0 Å². The van der Waals surface area contributed by atoms with Gasteiger partial charge in [0.05, 0.1) is 0 Å². The minimum Gasteiger partial charge on any atom is -0.310 e. The van der Waals surface area contributed by atoms with Gasteiger partial charge in [0.25, 0.3) is 0 Å². The molecule has 0 amide bonds. The standard InChI is InChI=1S/C4H10ClOP.2ClH.Mg/c1-2-3-4-7(5)6;;;/h7H,2-4H2,1H3;2*1H;/q;;;+2/p-2. The van der Waals surface area contributed by atoms with E-state index in [1.807, 2.05) is 0 Å². The van der Waals surface area contributed by atoms with Crippen molar-refractivity contribution in [3.63, 3.8) is 0 Å². The summed E-state index contributed by atoms with van der Waals surface area (Å²) in [6.45, 7) is 2.06. The van der Waals surface area contributed by atoms with E-state index in [-0.39, 0.29) is 0 Å². The molecule has 0 bridgehead atoms. The van der Waals surface area contributed by atoms with E-state index in [4.69, 9.17) is 29.4 Å². The molecule has 1 unspecified atom stereocenters. The molecule has 0 aliphatic carbocycles. The lowest BCUT2D eigenvalue weighted by Crippen LogP contribution is -1.69. The van der Waals surface area contributed by atoms with Gasteiger partial charge >= 0.3 is 18.2 Å². The van der Waals surface area contributed by atoms with Gasteiger partial charge in [-0.2, -0.15) is 0 Å². The summed E-state index contributed by atoms with van der Waals surface area (Å²) in [5, 5.41) is 0. The van der Waals surface area contributed by atoms with Crippen LogP contribution in [-0.2, 0) is 4.57 Å². The molecule has 0 rings (SSSR count). The van der Waals surface area contributed by atoms with Gasteiger partial charge < -0.3 is 22.7 Å². The van der Waals surface area contributed by atoms with Crippen LogP contribution in [0.25, 0.3) is 0 Å². The van der Waals surface area contributed by atoms with Gasteiger partial charge in [0.2, 0.25) is 0 Å². The largest absolute Gasteiger partial charge is 0.618 e. The van der Waals surface area contributed by atoms with Crippen LogP contribution in [-0.4, -0.2) is 24.3 Å². The molecule has 0 heterocycles. The Labute approximate surface area is 84.6 Å². The van der Waals surface area contributed by atoms with Crippen LogP contribution in [0.1, 0.15) is 19.8 Å². The van der Waals surface area contributed by atoms with E-state index in [0.29, 0.717) is 6.16 Å². The Hall–Kier alpha value is 1.87. The average Bonchev–Trinajstić information content (AvgIpc) is 1.85. The smallest absolute Gasteiger partial charge is 0.310 e. The van der Waals surface area contributed by atoms with Gasteiger partial charge in [-0.25, -0.2) is 0 Å². The summed E-state index contributed by atoms with van der Waals surface area (Å²) < 4.78 is 10.2. The maximum absolute atomic E-state index is 10.2. The zero-order valence-electron chi connectivity index (χ0n) is 5.87. The molecule has 0 aliphatic rings. The highest BCUT2D eigenvalue weighted by molar-refractivity contribution is 7.73. The zero-order chi connectivity index (χ0) is 8.41. The molecular weight excluding hydrogens is 226 g/mol. The summed E-state index contributed by atoms with van der Waals surface area (Å²) in [5.74, 6) is 0. The Morgan fingerprint density at radius 1 is 1.50 bits per heavy atom. The van der Waals surface area contributed by atoms with E-state index in [1.165, 1.54) is 0 Å². The SMILES string of the molecule is CCCC[PH](=O)Cl.[Cl][Mg][Cl]. The number of rotatable bonds is 3. The topological polar surface area (TPSA) is 17.1 Å². The van der Waals surface area contributed by atoms with Crippen molar-refractivity contribution >= 4 is 54.7 Å². The van der Waals surface area contributed by atoms with Crippen LogP contribution >= 0.6 is 36.5 Å². The third kappa shape index (κ3) is 22.5. The summed E-state index contributed by atoms with van der Waals surface area (Å²) in [6.07, 6.45) is 2.80. The van der Waals surface area contributed by atoms with Gasteiger partial charge in [0.1, 0.15) is 0 Å². The van der Waals surface area contributed by atoms with Crippen LogP contribution in [0.2, 0.25) is 0 Å². The molecule has 10 heavy (non-hydrogen) atoms. The first-order valence-corrected chi connectivity index (χ1v) is 9.89. The molecule has 0 aliphatic heterocycles. The monoisotopic (exact) mass is 234 g/mol. The molecule has 0 aromatic rings. The van der Waals surface area contributed by atoms with E-state index in [2.05, 4.69) is 6.92 Å². The highest BCUT2D eigenvalue weighted by Gasteiger charge is 1.88. The summed E-state index contributed by atoms with van der Waals surface area (Å²) >= 11 is 4.56. The van der Waals surface area contributed by atoms with Gasteiger partial charge in [0, 0.05) is 6.16 Å². The molecule has 0 fully saturated rings. The van der Waals surface area contributed by atoms with E-state index < -0.39 is 25.3 Å². The van der Waals surface area contributed by atoms with E-state index in [9.17, 15) is 4.57 Å². The summed E-state index contributed by atoms with van der Waals surface area (Å²) in [5.41, 5.74) is 0. The number of hydrogen-bond acceptors (Lipinski definition) is 1. The van der Waals surface area contributed by atoms with Gasteiger partial charge in [-0.1, -0.05) is 24.6 Å². The van der Waals surface area contributed by atoms with Crippen molar-refractivity contribution in [1.29, 1.82) is 0 Å². The second-order valence-electron chi connectivity index (χ2n) is 1.56. The summed E-state index contributed by atoms with van der Waals surface area (Å²) in [7, 11) is 8.13. The molecule has 1 nitrogen and oxygen atoms in total. The van der Waals surface area contributed by atoms with Crippen molar-refractivity contribution in [2.75, 3.05) is 6.16 Å². The molecule has 60 valence electrons. The zero-order valence-corrected chi connectivity index (χ0v) is 10.6. The maximum atomic E-state index is 10.2. The maximum Gasteiger partial charge on any atom is 0.618 e. The van der Waals surface area contributed by atoms with Crippen molar-refractivity contribution in [1.82, 2.24) is 0 Å². The fraction of sp³-hybridized carbons (Fsp3) is 1.00. The second-order valence-corrected chi connectivity index (χ2v) is 6.66. The quantitative estimate of drug-likeness (QED) is 0.541. The molecule has 0 aromatic carbocycles. The third-order valence-electron chi connectivity index (χ3n) is 0.727. The minimum atomic E-state index is -1.68. The van der Waals surface area contributed by atoms with Crippen LogP contribution in [0.15, 0.2) is 0 Å². The highest BCUT2D eigenvalue weighted by atomic mass is 35.7. The third-order valence-corrected chi connectivity index (χ3v) is 2.04. The molecule has 0 N–H and O–H groups in total. The fourth-order valence-electron chi connectivity index (χ4n) is 0.316. The molecule has 1 atom stereocenters. The fourth-order valence-corrected chi connectivity index (χ4v) is 1.35. The molecule has 0 radical (unpaired) electrons. The van der Waals surface area contributed by atoms with Crippen LogP contribution in [0, 0.1) is 0 Å². The lowest BCUT2D eigenvalue weighted by molar-refractivity contribution is 0.594. The molecule has 0 saturated heterocycles. The van der Waals surface area contributed by atoms with Crippen molar-refractivity contribution in [2.24, 2.45) is 0 Å². The number of hydrogen-bond donors (Lipinski definition) is 0. The molecule has 6 heteroatoms. The Morgan fingerprint density at radius 2 is 1.90 bits per heavy atom. The first-order chi connectivity index (χ1) is 4.68. The number of unbranched alkanes of at least 4 members (excludes halogenated alkanes) is 1. The van der Waals surface area contributed by atoms with Crippen LogP contribution < -0.4 is 0 Å².